The van der Waals surface area contributed by atoms with E-state index in [0.717, 1.165) is 33.9 Å². The van der Waals surface area contributed by atoms with Gasteiger partial charge in [0.2, 0.25) is 0 Å². The second-order valence-electron chi connectivity index (χ2n) is 9.28. The maximum Gasteiger partial charge on any atom is 0.198 e. The summed E-state index contributed by atoms with van der Waals surface area (Å²) in [6, 6.07) is 0. The fourth-order valence-corrected chi connectivity index (χ4v) is 3.37. The van der Waals surface area contributed by atoms with Crippen molar-refractivity contribution in [2.75, 3.05) is 0 Å². The van der Waals surface area contributed by atoms with Gasteiger partial charge in [-0.2, -0.15) is 0 Å². The van der Waals surface area contributed by atoms with Crippen molar-refractivity contribution in [3.8, 4) is 11.6 Å². The molecule has 4 aromatic rings. The molecule has 8 nitrogen and oxygen atoms in total. The van der Waals surface area contributed by atoms with Crippen LogP contribution in [0.25, 0.3) is 34.0 Å². The molecule has 0 atom stereocenters. The van der Waals surface area contributed by atoms with Crippen LogP contribution in [0.3, 0.4) is 0 Å². The number of hydrogen-bond acceptors (Lipinski definition) is 6. The highest BCUT2D eigenvalue weighted by Gasteiger charge is 2.27. The van der Waals surface area contributed by atoms with Gasteiger partial charge < -0.3 is 9.55 Å². The number of hydrogen-bond donors (Lipinski definition) is 1. The first-order valence-corrected chi connectivity index (χ1v) is 9.40. The maximum absolute atomic E-state index is 4.88. The fourth-order valence-electron chi connectivity index (χ4n) is 3.37. The van der Waals surface area contributed by atoms with E-state index in [0.29, 0.717) is 17.3 Å². The fraction of sp³-hybridized carbons (Fsp3) is 0.500. The lowest BCUT2D eigenvalue weighted by Crippen LogP contribution is -2.16. The molecule has 0 aromatic carbocycles. The molecule has 28 heavy (non-hydrogen) atoms. The van der Waals surface area contributed by atoms with Crippen molar-refractivity contribution in [2.45, 2.75) is 59.3 Å². The number of aryl methyl sites for hydroxylation is 2. The minimum atomic E-state index is -0.167. The molecule has 0 saturated carbocycles. The number of nitrogens with one attached hydrogen (secondary N) is 1. The van der Waals surface area contributed by atoms with Gasteiger partial charge >= 0.3 is 0 Å². The minimum absolute atomic E-state index is 0.152. The molecule has 1 N–H and O–H groups in total. The molecular formula is C20H26N8. The number of H-pyrrole nitrogens is 1. The van der Waals surface area contributed by atoms with Crippen LogP contribution in [0.2, 0.25) is 0 Å². The van der Waals surface area contributed by atoms with E-state index in [4.69, 9.17) is 9.97 Å². The van der Waals surface area contributed by atoms with Crippen LogP contribution in [0.15, 0.2) is 6.33 Å². The molecule has 0 saturated heterocycles. The summed E-state index contributed by atoms with van der Waals surface area (Å²) in [4.78, 5) is 31.2. The summed E-state index contributed by atoms with van der Waals surface area (Å²) < 4.78 is 1.94. The SMILES string of the molecule is Cc1nc(C(C)(C)C)c2nc(-c3nc(C(C)(C)C)c4[nH]cnc4n3)n(C)c2n1. The van der Waals surface area contributed by atoms with E-state index in [-0.39, 0.29) is 10.8 Å². The Balaban J connectivity index is 2.04. The van der Waals surface area contributed by atoms with Crippen molar-refractivity contribution in [3.63, 3.8) is 0 Å². The Morgan fingerprint density at radius 2 is 1.54 bits per heavy atom. The van der Waals surface area contributed by atoms with Crippen molar-refractivity contribution in [2.24, 2.45) is 7.05 Å². The monoisotopic (exact) mass is 378 g/mol. The van der Waals surface area contributed by atoms with Gasteiger partial charge in [-0.25, -0.2) is 29.9 Å². The molecule has 0 fully saturated rings. The Hall–Kier alpha value is -2.90. The van der Waals surface area contributed by atoms with Gasteiger partial charge in [0, 0.05) is 17.9 Å². The molecule has 146 valence electrons. The van der Waals surface area contributed by atoms with Crippen molar-refractivity contribution < 1.29 is 0 Å². The highest BCUT2D eigenvalue weighted by atomic mass is 15.2. The Bertz CT molecular complexity index is 1200. The third kappa shape index (κ3) is 2.83. The van der Waals surface area contributed by atoms with Gasteiger partial charge in [0.15, 0.2) is 22.9 Å². The van der Waals surface area contributed by atoms with Gasteiger partial charge in [-0.1, -0.05) is 41.5 Å². The number of rotatable bonds is 1. The first-order valence-electron chi connectivity index (χ1n) is 9.40. The summed E-state index contributed by atoms with van der Waals surface area (Å²) in [7, 11) is 1.94. The average molecular weight is 378 g/mol. The van der Waals surface area contributed by atoms with Crippen molar-refractivity contribution in [3.05, 3.63) is 23.5 Å². The van der Waals surface area contributed by atoms with Crippen LogP contribution in [0.4, 0.5) is 0 Å². The van der Waals surface area contributed by atoms with E-state index in [1.807, 2.05) is 18.5 Å². The Kier molecular flexibility index (Phi) is 3.82. The Morgan fingerprint density at radius 3 is 2.18 bits per heavy atom. The average Bonchev–Trinajstić information content (AvgIpc) is 3.16. The molecule has 4 rings (SSSR count). The number of fused-ring (bicyclic) bond motifs is 2. The highest BCUT2D eigenvalue weighted by Crippen LogP contribution is 2.31. The van der Waals surface area contributed by atoms with Crippen LogP contribution >= 0.6 is 0 Å². The topological polar surface area (TPSA) is 98.1 Å². The molecule has 0 bridgehead atoms. The van der Waals surface area contributed by atoms with E-state index in [1.54, 1.807) is 6.33 Å². The highest BCUT2D eigenvalue weighted by molar-refractivity contribution is 5.81. The normalized spacial score (nSPS) is 13.0. The summed E-state index contributed by atoms with van der Waals surface area (Å²) >= 11 is 0. The molecule has 0 aliphatic heterocycles. The van der Waals surface area contributed by atoms with Crippen LogP contribution in [-0.2, 0) is 17.9 Å². The number of nitrogens with zero attached hydrogens (tertiary/aromatic N) is 7. The Morgan fingerprint density at radius 1 is 0.857 bits per heavy atom. The molecule has 0 radical (unpaired) electrons. The van der Waals surface area contributed by atoms with Crippen LogP contribution in [0.1, 0.15) is 58.8 Å². The van der Waals surface area contributed by atoms with E-state index in [2.05, 4.69) is 66.5 Å². The first-order chi connectivity index (χ1) is 13.0. The lowest BCUT2D eigenvalue weighted by atomic mass is 9.91. The minimum Gasteiger partial charge on any atom is -0.342 e. The predicted octanol–water partition coefficient (Wildman–Crippen LogP) is 3.60. The van der Waals surface area contributed by atoms with Crippen molar-refractivity contribution in [1.82, 2.24) is 39.5 Å². The summed E-state index contributed by atoms with van der Waals surface area (Å²) in [5.41, 5.74) is 4.60. The third-order valence-corrected chi connectivity index (χ3v) is 4.74. The van der Waals surface area contributed by atoms with E-state index >= 15 is 0 Å². The summed E-state index contributed by atoms with van der Waals surface area (Å²) in [5.74, 6) is 1.93. The van der Waals surface area contributed by atoms with Gasteiger partial charge in [-0.05, 0) is 6.92 Å². The van der Waals surface area contributed by atoms with Crippen molar-refractivity contribution in [1.29, 1.82) is 0 Å². The lowest BCUT2D eigenvalue weighted by molar-refractivity contribution is 0.570. The van der Waals surface area contributed by atoms with Crippen LogP contribution in [0.5, 0.6) is 0 Å². The molecular weight excluding hydrogens is 352 g/mol. The molecule has 4 aromatic heterocycles. The van der Waals surface area contributed by atoms with Crippen LogP contribution in [0, 0.1) is 6.92 Å². The second-order valence-corrected chi connectivity index (χ2v) is 9.28. The zero-order valence-corrected chi connectivity index (χ0v) is 17.7. The smallest absolute Gasteiger partial charge is 0.198 e. The van der Waals surface area contributed by atoms with Gasteiger partial charge in [0.05, 0.1) is 17.7 Å². The van der Waals surface area contributed by atoms with Gasteiger partial charge in [0.25, 0.3) is 0 Å². The van der Waals surface area contributed by atoms with Crippen molar-refractivity contribution >= 4 is 22.3 Å². The molecule has 4 heterocycles. The molecule has 0 aliphatic carbocycles. The van der Waals surface area contributed by atoms with Crippen LogP contribution < -0.4 is 0 Å². The first kappa shape index (κ1) is 18.5. The molecule has 0 spiro atoms. The molecule has 0 aliphatic rings. The van der Waals surface area contributed by atoms with Gasteiger partial charge in [0.1, 0.15) is 16.9 Å². The number of aromatic nitrogens is 8. The maximum atomic E-state index is 4.88. The van der Waals surface area contributed by atoms with Crippen LogP contribution in [-0.4, -0.2) is 39.5 Å². The zero-order valence-electron chi connectivity index (χ0n) is 17.7. The lowest BCUT2D eigenvalue weighted by Gasteiger charge is -2.18. The quantitative estimate of drug-likeness (QED) is 0.543. The zero-order chi connectivity index (χ0) is 20.4. The number of aromatic amines is 1. The largest absolute Gasteiger partial charge is 0.342 e. The van der Waals surface area contributed by atoms with E-state index in [9.17, 15) is 0 Å². The van der Waals surface area contributed by atoms with Gasteiger partial charge in [-0.3, -0.25) is 0 Å². The Labute approximate surface area is 163 Å². The molecule has 0 unspecified atom stereocenters. The van der Waals surface area contributed by atoms with E-state index in [1.165, 1.54) is 0 Å². The molecule has 8 heteroatoms. The predicted molar refractivity (Wildman–Crippen MR) is 109 cm³/mol. The molecule has 0 amide bonds. The van der Waals surface area contributed by atoms with Gasteiger partial charge in [-0.15, -0.1) is 0 Å². The summed E-state index contributed by atoms with van der Waals surface area (Å²) in [5, 5.41) is 0. The summed E-state index contributed by atoms with van der Waals surface area (Å²) in [6.45, 7) is 14.7. The third-order valence-electron chi connectivity index (χ3n) is 4.74. The number of imidazole rings is 2. The second kappa shape index (κ2) is 5.80. The van der Waals surface area contributed by atoms with E-state index < -0.39 is 0 Å². The summed E-state index contributed by atoms with van der Waals surface area (Å²) in [6.07, 6.45) is 1.65. The standard InChI is InChI=1S/C20H26N8/c1-10-23-14(20(5,6)7)12-17(24-10)28(8)18(25-12)16-26-13(19(2,3)4)11-15(27-16)22-9-21-11/h9H,1-8H3,(H,21,22,26,27).